The maximum Gasteiger partial charge on any atom is 0.227 e. The van der Waals surface area contributed by atoms with Crippen molar-refractivity contribution in [1.29, 1.82) is 0 Å². The summed E-state index contributed by atoms with van der Waals surface area (Å²) in [5, 5.41) is 8.66. The molecule has 1 fully saturated rings. The summed E-state index contributed by atoms with van der Waals surface area (Å²) in [6.07, 6.45) is 2.36. The third-order valence-electron chi connectivity index (χ3n) is 3.00. The fourth-order valence-electron chi connectivity index (χ4n) is 2.03. The number of carbonyl (C=O) groups excluding carboxylic acids is 1. The maximum absolute atomic E-state index is 11.8. The minimum absolute atomic E-state index is 0.00657. The standard InChI is InChI=1S/C14H17NO3/c1-2-11-9-14(17)15(10-11)12-3-5-13(6-4-12)18-8-7-16/h2-6,11,16H,1,7-10H2. The highest BCUT2D eigenvalue weighted by Gasteiger charge is 2.28. The van der Waals surface area contributed by atoms with Gasteiger partial charge in [0.2, 0.25) is 5.91 Å². The van der Waals surface area contributed by atoms with Gasteiger partial charge in [0.1, 0.15) is 12.4 Å². The second-order valence-corrected chi connectivity index (χ2v) is 4.27. The molecule has 4 nitrogen and oxygen atoms in total. The Bertz CT molecular complexity index is 427. The van der Waals surface area contributed by atoms with Gasteiger partial charge in [-0.15, -0.1) is 6.58 Å². The molecule has 1 aliphatic heterocycles. The molecule has 0 radical (unpaired) electrons. The Hall–Kier alpha value is -1.81. The Morgan fingerprint density at radius 3 is 2.72 bits per heavy atom. The molecule has 96 valence electrons. The van der Waals surface area contributed by atoms with E-state index < -0.39 is 0 Å². The number of hydrogen-bond acceptors (Lipinski definition) is 3. The zero-order valence-corrected chi connectivity index (χ0v) is 10.2. The van der Waals surface area contributed by atoms with Crippen LogP contribution in [0.15, 0.2) is 36.9 Å². The van der Waals surface area contributed by atoms with Crippen molar-refractivity contribution in [3.63, 3.8) is 0 Å². The quantitative estimate of drug-likeness (QED) is 0.804. The highest BCUT2D eigenvalue weighted by Crippen LogP contribution is 2.27. The Balaban J connectivity index is 2.05. The number of aliphatic hydroxyl groups excluding tert-OH is 1. The molecule has 1 N–H and O–H groups in total. The van der Waals surface area contributed by atoms with Crippen LogP contribution in [0.1, 0.15) is 6.42 Å². The van der Waals surface area contributed by atoms with Gasteiger partial charge in [0.05, 0.1) is 6.61 Å². The van der Waals surface area contributed by atoms with Crippen molar-refractivity contribution in [2.45, 2.75) is 6.42 Å². The van der Waals surface area contributed by atoms with Gasteiger partial charge in [-0.05, 0) is 24.3 Å². The molecule has 1 atom stereocenters. The number of amides is 1. The number of hydrogen-bond donors (Lipinski definition) is 1. The molecule has 2 rings (SSSR count). The van der Waals surface area contributed by atoms with E-state index in [4.69, 9.17) is 9.84 Å². The van der Waals surface area contributed by atoms with E-state index in [1.807, 2.05) is 18.2 Å². The van der Waals surface area contributed by atoms with E-state index in [9.17, 15) is 4.79 Å². The Morgan fingerprint density at radius 1 is 1.44 bits per heavy atom. The summed E-state index contributed by atoms with van der Waals surface area (Å²) in [6, 6.07) is 7.32. The van der Waals surface area contributed by atoms with E-state index in [1.54, 1.807) is 17.0 Å². The van der Waals surface area contributed by atoms with Crippen LogP contribution in [0.25, 0.3) is 0 Å². The molecular weight excluding hydrogens is 230 g/mol. The number of rotatable bonds is 5. The topological polar surface area (TPSA) is 49.8 Å². The molecule has 1 unspecified atom stereocenters. The van der Waals surface area contributed by atoms with Gasteiger partial charge in [-0.25, -0.2) is 0 Å². The molecule has 1 aromatic carbocycles. The molecule has 1 aromatic rings. The second kappa shape index (κ2) is 5.69. The van der Waals surface area contributed by atoms with Gasteiger partial charge in [-0.3, -0.25) is 4.79 Å². The van der Waals surface area contributed by atoms with Gasteiger partial charge < -0.3 is 14.7 Å². The Labute approximate surface area is 106 Å². The van der Waals surface area contributed by atoms with E-state index in [1.165, 1.54) is 0 Å². The molecule has 0 spiro atoms. The number of anilines is 1. The number of ether oxygens (including phenoxy) is 1. The lowest BCUT2D eigenvalue weighted by Crippen LogP contribution is -2.24. The van der Waals surface area contributed by atoms with Crippen LogP contribution < -0.4 is 9.64 Å². The number of nitrogens with zero attached hydrogens (tertiary/aromatic N) is 1. The third-order valence-corrected chi connectivity index (χ3v) is 3.00. The molecule has 1 saturated heterocycles. The first-order valence-electron chi connectivity index (χ1n) is 6.01. The van der Waals surface area contributed by atoms with Gasteiger partial charge in [-0.2, -0.15) is 0 Å². The zero-order valence-electron chi connectivity index (χ0n) is 10.2. The number of aliphatic hydroxyl groups is 1. The van der Waals surface area contributed by atoms with Gasteiger partial charge in [0.25, 0.3) is 0 Å². The van der Waals surface area contributed by atoms with E-state index in [0.717, 1.165) is 5.69 Å². The zero-order chi connectivity index (χ0) is 13.0. The predicted molar refractivity (Wildman–Crippen MR) is 69.7 cm³/mol. The summed E-state index contributed by atoms with van der Waals surface area (Å²) < 4.78 is 5.27. The van der Waals surface area contributed by atoms with Crippen LogP contribution in [0, 0.1) is 5.92 Å². The van der Waals surface area contributed by atoms with Crippen molar-refractivity contribution in [2.24, 2.45) is 5.92 Å². The van der Waals surface area contributed by atoms with Crippen molar-refractivity contribution < 1.29 is 14.6 Å². The summed E-state index contributed by atoms with van der Waals surface area (Å²) in [7, 11) is 0. The lowest BCUT2D eigenvalue weighted by Gasteiger charge is -2.16. The van der Waals surface area contributed by atoms with Crippen LogP contribution in [-0.4, -0.2) is 30.8 Å². The second-order valence-electron chi connectivity index (χ2n) is 4.27. The molecular formula is C14H17NO3. The van der Waals surface area contributed by atoms with Crippen LogP contribution in [-0.2, 0) is 4.79 Å². The van der Waals surface area contributed by atoms with E-state index in [0.29, 0.717) is 18.7 Å². The first kappa shape index (κ1) is 12.6. The van der Waals surface area contributed by atoms with Gasteiger partial charge in [0.15, 0.2) is 0 Å². The lowest BCUT2D eigenvalue weighted by atomic mass is 10.1. The normalized spacial score (nSPS) is 19.1. The fraction of sp³-hybridized carbons (Fsp3) is 0.357. The summed E-state index contributed by atoms with van der Waals surface area (Å²) in [4.78, 5) is 13.6. The molecule has 18 heavy (non-hydrogen) atoms. The number of benzene rings is 1. The maximum atomic E-state index is 11.8. The van der Waals surface area contributed by atoms with E-state index in [-0.39, 0.29) is 25.0 Å². The molecule has 0 bridgehead atoms. The van der Waals surface area contributed by atoms with Crippen LogP contribution in [0.3, 0.4) is 0 Å². The van der Waals surface area contributed by atoms with E-state index >= 15 is 0 Å². The highest BCUT2D eigenvalue weighted by atomic mass is 16.5. The van der Waals surface area contributed by atoms with Crippen LogP contribution in [0.5, 0.6) is 5.75 Å². The summed E-state index contributed by atoms with van der Waals surface area (Å²) >= 11 is 0. The summed E-state index contributed by atoms with van der Waals surface area (Å²) in [6.45, 7) is 4.70. The first-order valence-corrected chi connectivity index (χ1v) is 6.01. The first-order chi connectivity index (χ1) is 8.74. The smallest absolute Gasteiger partial charge is 0.227 e. The molecule has 0 saturated carbocycles. The van der Waals surface area contributed by atoms with Crippen LogP contribution in [0.2, 0.25) is 0 Å². The summed E-state index contributed by atoms with van der Waals surface area (Å²) in [5.41, 5.74) is 0.876. The van der Waals surface area contributed by atoms with Gasteiger partial charge in [0, 0.05) is 24.6 Å². The van der Waals surface area contributed by atoms with Crippen LogP contribution >= 0.6 is 0 Å². The molecule has 1 heterocycles. The molecule has 0 aromatic heterocycles. The van der Waals surface area contributed by atoms with Crippen molar-refractivity contribution >= 4 is 11.6 Å². The molecule has 1 aliphatic rings. The monoisotopic (exact) mass is 247 g/mol. The summed E-state index contributed by atoms with van der Waals surface area (Å²) in [5.74, 6) is 1.06. The Morgan fingerprint density at radius 2 is 2.17 bits per heavy atom. The lowest BCUT2D eigenvalue weighted by molar-refractivity contribution is -0.117. The third kappa shape index (κ3) is 2.71. The molecule has 0 aliphatic carbocycles. The van der Waals surface area contributed by atoms with Crippen molar-refractivity contribution in [3.05, 3.63) is 36.9 Å². The minimum Gasteiger partial charge on any atom is -0.491 e. The SMILES string of the molecule is C=CC1CC(=O)N(c2ccc(OCCO)cc2)C1. The molecule has 4 heteroatoms. The van der Waals surface area contributed by atoms with Crippen molar-refractivity contribution in [1.82, 2.24) is 0 Å². The fourth-order valence-corrected chi connectivity index (χ4v) is 2.03. The minimum atomic E-state index is -0.00657. The van der Waals surface area contributed by atoms with Crippen molar-refractivity contribution in [3.8, 4) is 5.75 Å². The number of carbonyl (C=O) groups is 1. The van der Waals surface area contributed by atoms with Crippen LogP contribution in [0.4, 0.5) is 5.69 Å². The average Bonchev–Trinajstić information content (AvgIpc) is 2.78. The average molecular weight is 247 g/mol. The molecule has 1 amide bonds. The largest absolute Gasteiger partial charge is 0.491 e. The highest BCUT2D eigenvalue weighted by molar-refractivity contribution is 5.96. The Kier molecular flexibility index (Phi) is 3.99. The van der Waals surface area contributed by atoms with Crippen molar-refractivity contribution in [2.75, 3.05) is 24.7 Å². The predicted octanol–water partition coefficient (Wildman–Crippen LogP) is 1.60. The van der Waals surface area contributed by atoms with E-state index in [2.05, 4.69) is 6.58 Å². The van der Waals surface area contributed by atoms with Gasteiger partial charge >= 0.3 is 0 Å². The van der Waals surface area contributed by atoms with Gasteiger partial charge in [-0.1, -0.05) is 6.08 Å².